The molecule has 3 heterocycles. The van der Waals surface area contributed by atoms with Gasteiger partial charge in [0.2, 0.25) is 0 Å². The summed E-state index contributed by atoms with van der Waals surface area (Å²) in [6.07, 6.45) is 9.69. The van der Waals surface area contributed by atoms with Crippen molar-refractivity contribution in [2.75, 3.05) is 44.2 Å². The van der Waals surface area contributed by atoms with Crippen molar-refractivity contribution in [3.05, 3.63) is 64.6 Å². The summed E-state index contributed by atoms with van der Waals surface area (Å²) in [7, 11) is 0. The first-order chi connectivity index (χ1) is 14.7. The summed E-state index contributed by atoms with van der Waals surface area (Å²) in [4.78, 5) is 17.1. The van der Waals surface area contributed by atoms with Gasteiger partial charge in [0.15, 0.2) is 0 Å². The number of hydrogen-bond acceptors (Lipinski definition) is 5. The predicted molar refractivity (Wildman–Crippen MR) is 122 cm³/mol. The molecule has 1 unspecified atom stereocenters. The van der Waals surface area contributed by atoms with Crippen LogP contribution in [0.1, 0.15) is 34.4 Å². The SMILES string of the molecule is Cc1ccc(CN2CCc3ncnc(N4CCN(C5C=CC5)CC4)c3CC2)cc1C. The lowest BCUT2D eigenvalue weighted by molar-refractivity contribution is 0.205. The number of hydrogen-bond donors (Lipinski definition) is 0. The molecule has 30 heavy (non-hydrogen) atoms. The third-order valence-corrected chi connectivity index (χ3v) is 7.15. The summed E-state index contributed by atoms with van der Waals surface area (Å²) in [5.41, 5.74) is 6.81. The highest BCUT2D eigenvalue weighted by Gasteiger charge is 2.27. The van der Waals surface area contributed by atoms with Crippen molar-refractivity contribution < 1.29 is 0 Å². The van der Waals surface area contributed by atoms with Crippen LogP contribution in [-0.2, 0) is 19.4 Å². The zero-order valence-corrected chi connectivity index (χ0v) is 18.3. The van der Waals surface area contributed by atoms with E-state index in [1.165, 1.54) is 40.2 Å². The summed E-state index contributed by atoms with van der Waals surface area (Å²) >= 11 is 0. The molecule has 1 aromatic heterocycles. The summed E-state index contributed by atoms with van der Waals surface area (Å²) in [5, 5.41) is 0. The molecule has 1 aromatic carbocycles. The van der Waals surface area contributed by atoms with E-state index < -0.39 is 0 Å². The Bertz CT molecular complexity index is 929. The lowest BCUT2D eigenvalue weighted by atomic mass is 10.0. The normalized spacial score (nSPS) is 22.5. The van der Waals surface area contributed by atoms with Crippen molar-refractivity contribution in [1.29, 1.82) is 0 Å². The Morgan fingerprint density at radius 3 is 2.47 bits per heavy atom. The molecule has 3 aliphatic rings. The van der Waals surface area contributed by atoms with Gasteiger partial charge in [0.05, 0.1) is 5.69 Å². The van der Waals surface area contributed by atoms with E-state index in [-0.39, 0.29) is 0 Å². The van der Waals surface area contributed by atoms with E-state index in [2.05, 4.69) is 63.9 Å². The molecule has 1 aliphatic carbocycles. The fourth-order valence-corrected chi connectivity index (χ4v) is 4.94. The fraction of sp³-hybridized carbons (Fsp3) is 0.520. The number of benzene rings is 1. The van der Waals surface area contributed by atoms with Crippen LogP contribution in [0.25, 0.3) is 0 Å². The summed E-state index contributed by atoms with van der Waals surface area (Å²) in [6.45, 7) is 12.0. The highest BCUT2D eigenvalue weighted by molar-refractivity contribution is 5.50. The molecule has 0 N–H and O–H groups in total. The number of anilines is 1. The van der Waals surface area contributed by atoms with Crippen LogP contribution >= 0.6 is 0 Å². The second-order valence-corrected chi connectivity index (χ2v) is 9.07. The summed E-state index contributed by atoms with van der Waals surface area (Å²) in [5.74, 6) is 1.19. The van der Waals surface area contributed by atoms with Crippen molar-refractivity contribution >= 4 is 5.82 Å². The topological polar surface area (TPSA) is 35.5 Å². The molecule has 1 saturated heterocycles. The molecule has 158 valence electrons. The van der Waals surface area contributed by atoms with Gasteiger partial charge >= 0.3 is 0 Å². The lowest BCUT2D eigenvalue weighted by Gasteiger charge is -2.41. The van der Waals surface area contributed by atoms with Gasteiger partial charge in [0.1, 0.15) is 12.1 Å². The Kier molecular flexibility index (Phi) is 5.57. The molecule has 5 nitrogen and oxygen atoms in total. The highest BCUT2D eigenvalue weighted by atomic mass is 15.3. The average Bonchev–Trinajstić information content (AvgIpc) is 2.93. The second kappa shape index (κ2) is 8.48. The summed E-state index contributed by atoms with van der Waals surface area (Å²) < 4.78 is 0. The molecular formula is C25H33N5. The van der Waals surface area contributed by atoms with Crippen LogP contribution in [0.2, 0.25) is 0 Å². The molecule has 2 aromatic rings. The van der Waals surface area contributed by atoms with Crippen molar-refractivity contribution in [1.82, 2.24) is 19.8 Å². The lowest BCUT2D eigenvalue weighted by Crippen LogP contribution is -2.51. The maximum absolute atomic E-state index is 4.76. The molecule has 0 bridgehead atoms. The Hall–Kier alpha value is -2.24. The molecular weight excluding hydrogens is 370 g/mol. The van der Waals surface area contributed by atoms with Crippen molar-refractivity contribution in [2.24, 2.45) is 0 Å². The van der Waals surface area contributed by atoms with Crippen LogP contribution in [0.3, 0.4) is 0 Å². The number of nitrogens with zero attached hydrogens (tertiary/aromatic N) is 5. The largest absolute Gasteiger partial charge is 0.354 e. The maximum atomic E-state index is 4.76. The minimum atomic E-state index is 0.675. The van der Waals surface area contributed by atoms with Gasteiger partial charge in [-0.05, 0) is 43.4 Å². The van der Waals surface area contributed by atoms with Gasteiger partial charge in [-0.15, -0.1) is 0 Å². The molecule has 1 fully saturated rings. The molecule has 5 rings (SSSR count). The van der Waals surface area contributed by atoms with Gasteiger partial charge in [-0.1, -0.05) is 30.4 Å². The Labute approximate surface area is 180 Å². The van der Waals surface area contributed by atoms with Crippen LogP contribution in [0, 0.1) is 13.8 Å². The number of aromatic nitrogens is 2. The van der Waals surface area contributed by atoms with Gasteiger partial charge < -0.3 is 4.90 Å². The maximum Gasteiger partial charge on any atom is 0.135 e. The monoisotopic (exact) mass is 403 g/mol. The van der Waals surface area contributed by atoms with E-state index in [0.29, 0.717) is 6.04 Å². The third kappa shape index (κ3) is 4.01. The molecule has 1 atom stereocenters. The Morgan fingerprint density at radius 2 is 1.73 bits per heavy atom. The number of aryl methyl sites for hydroxylation is 2. The minimum Gasteiger partial charge on any atom is -0.354 e. The van der Waals surface area contributed by atoms with Crippen molar-refractivity contribution in [3.63, 3.8) is 0 Å². The zero-order chi connectivity index (χ0) is 20.5. The average molecular weight is 404 g/mol. The van der Waals surface area contributed by atoms with Crippen LogP contribution in [0.5, 0.6) is 0 Å². The first kappa shape index (κ1) is 19.7. The van der Waals surface area contributed by atoms with E-state index in [9.17, 15) is 0 Å². The first-order valence-electron chi connectivity index (χ1n) is 11.4. The van der Waals surface area contributed by atoms with Crippen molar-refractivity contribution in [2.45, 2.75) is 45.7 Å². The molecule has 0 radical (unpaired) electrons. The van der Waals surface area contributed by atoms with Crippen LogP contribution in [-0.4, -0.2) is 65.1 Å². The van der Waals surface area contributed by atoms with E-state index in [1.807, 2.05) is 0 Å². The minimum absolute atomic E-state index is 0.675. The smallest absolute Gasteiger partial charge is 0.135 e. The van der Waals surface area contributed by atoms with Gasteiger partial charge in [0.25, 0.3) is 0 Å². The highest BCUT2D eigenvalue weighted by Crippen LogP contribution is 2.26. The van der Waals surface area contributed by atoms with Gasteiger partial charge in [-0.25, -0.2) is 9.97 Å². The zero-order valence-electron chi connectivity index (χ0n) is 18.3. The number of rotatable bonds is 4. The fourth-order valence-electron chi connectivity index (χ4n) is 4.94. The van der Waals surface area contributed by atoms with Gasteiger partial charge in [0, 0.05) is 63.8 Å². The molecule has 0 spiro atoms. The predicted octanol–water partition coefficient (Wildman–Crippen LogP) is 3.14. The summed E-state index contributed by atoms with van der Waals surface area (Å²) in [6, 6.07) is 7.55. The van der Waals surface area contributed by atoms with Crippen LogP contribution in [0.4, 0.5) is 5.82 Å². The van der Waals surface area contributed by atoms with Crippen LogP contribution < -0.4 is 4.90 Å². The van der Waals surface area contributed by atoms with E-state index in [4.69, 9.17) is 4.98 Å². The van der Waals surface area contributed by atoms with Crippen molar-refractivity contribution in [3.8, 4) is 0 Å². The number of fused-ring (bicyclic) bond motifs is 1. The van der Waals surface area contributed by atoms with E-state index >= 15 is 0 Å². The quantitative estimate of drug-likeness (QED) is 0.733. The van der Waals surface area contributed by atoms with E-state index in [1.54, 1.807) is 6.33 Å². The Morgan fingerprint density at radius 1 is 0.933 bits per heavy atom. The second-order valence-electron chi connectivity index (χ2n) is 9.07. The molecule has 0 saturated carbocycles. The molecule has 5 heteroatoms. The Balaban J connectivity index is 1.26. The van der Waals surface area contributed by atoms with Gasteiger partial charge in [-0.3, -0.25) is 9.80 Å². The third-order valence-electron chi connectivity index (χ3n) is 7.15. The van der Waals surface area contributed by atoms with Crippen LogP contribution in [0.15, 0.2) is 36.7 Å². The van der Waals surface area contributed by atoms with E-state index in [0.717, 1.165) is 58.7 Å². The number of piperazine rings is 1. The molecule has 2 aliphatic heterocycles. The first-order valence-corrected chi connectivity index (χ1v) is 11.4. The standard InChI is InChI=1S/C25H33N5/c1-19-6-7-21(16-20(19)2)17-28-10-8-23-24(9-11-28)26-18-27-25(23)30-14-12-29(13-15-30)22-4-3-5-22/h3-4,6-7,16,18,22H,5,8-15,17H2,1-2H3. The molecule has 0 amide bonds. The van der Waals surface area contributed by atoms with Gasteiger partial charge in [-0.2, -0.15) is 0 Å².